The van der Waals surface area contributed by atoms with Gasteiger partial charge in [-0.25, -0.2) is 25.6 Å². The van der Waals surface area contributed by atoms with Gasteiger partial charge in [-0.2, -0.15) is 8.42 Å². The molecule has 2 rings (SSSR count). The second-order valence-corrected chi connectivity index (χ2v) is 16.2. The number of hydrogen-bond acceptors (Lipinski definition) is 7. The lowest BCUT2D eigenvalue weighted by atomic mass is 9.70. The first kappa shape index (κ1) is 29.5. The van der Waals surface area contributed by atoms with Crippen LogP contribution in [-0.4, -0.2) is 56.8 Å². The van der Waals surface area contributed by atoms with Crippen molar-refractivity contribution in [1.82, 2.24) is 4.13 Å². The van der Waals surface area contributed by atoms with Crippen molar-refractivity contribution in [3.05, 3.63) is 0 Å². The van der Waals surface area contributed by atoms with Gasteiger partial charge in [0.15, 0.2) is 4.75 Å². The summed E-state index contributed by atoms with van der Waals surface area (Å²) >= 11 is 0. The van der Waals surface area contributed by atoms with Crippen molar-refractivity contribution in [2.24, 2.45) is 16.7 Å². The zero-order chi connectivity index (χ0) is 26.8. The average molecular weight is 552 g/mol. The van der Waals surface area contributed by atoms with E-state index in [1.54, 1.807) is 13.8 Å². The lowest BCUT2D eigenvalue weighted by Gasteiger charge is -2.45. The Hall–Kier alpha value is -0.700. The first-order valence-corrected chi connectivity index (χ1v) is 15.8. The summed E-state index contributed by atoms with van der Waals surface area (Å²) in [6.07, 6.45) is -1.50. The summed E-state index contributed by atoms with van der Waals surface area (Å²) in [5, 5.41) is 0. The number of ketones is 1. The molecular weight excluding hydrogens is 516 g/mol. The fourth-order valence-corrected chi connectivity index (χ4v) is 11.9. The van der Waals surface area contributed by atoms with Gasteiger partial charge in [-0.1, -0.05) is 34.6 Å². The average Bonchev–Trinajstić information content (AvgIpc) is 2.99. The minimum Gasteiger partial charge on any atom is -0.299 e. The van der Waals surface area contributed by atoms with Gasteiger partial charge in [0.2, 0.25) is 20.0 Å². The smallest absolute Gasteiger partial charge is 0.290 e. The highest BCUT2D eigenvalue weighted by Crippen LogP contribution is 2.64. The van der Waals surface area contributed by atoms with Gasteiger partial charge in [-0.3, -0.25) is 9.35 Å². The fraction of sp³-hybridized carbons (Fsp3) is 0.950. The SMILES string of the molecule is CCC(CC)(C(F)(F)C(C)(CC)S(=O)(=O)NS(=O)(=O)CC12CCC(CC1=O)C2(C)C)S(=O)(=O)O. The quantitative estimate of drug-likeness (QED) is 0.372. The summed E-state index contributed by atoms with van der Waals surface area (Å²) in [5.41, 5.74) is -2.06. The minimum atomic E-state index is -5.47. The molecular formula is C20H35F2NO8S3. The first-order chi connectivity index (χ1) is 15.1. The molecule has 0 amide bonds. The Morgan fingerprint density at radius 2 is 1.53 bits per heavy atom. The molecule has 14 heteroatoms. The summed E-state index contributed by atoms with van der Waals surface area (Å²) in [4.78, 5) is 12.7. The second kappa shape index (κ2) is 8.42. The molecule has 34 heavy (non-hydrogen) atoms. The van der Waals surface area contributed by atoms with Gasteiger partial charge in [0.1, 0.15) is 10.5 Å². The van der Waals surface area contributed by atoms with Gasteiger partial charge in [0.05, 0.1) is 5.75 Å². The Labute approximate surface area is 201 Å². The van der Waals surface area contributed by atoms with E-state index in [0.29, 0.717) is 13.3 Å². The minimum absolute atomic E-state index is 0.0541. The third-order valence-corrected chi connectivity index (χ3v) is 15.3. The van der Waals surface area contributed by atoms with Crippen LogP contribution >= 0.6 is 0 Å². The molecule has 2 N–H and O–H groups in total. The summed E-state index contributed by atoms with van der Waals surface area (Å²) in [6.45, 7) is 7.25. The number of hydrogen-bond donors (Lipinski definition) is 2. The zero-order valence-corrected chi connectivity index (χ0v) is 22.8. The maximum atomic E-state index is 15.9. The van der Waals surface area contributed by atoms with E-state index in [0.717, 1.165) is 20.8 Å². The number of carbonyl (C=O) groups is 1. The molecule has 2 bridgehead atoms. The number of carbonyl (C=O) groups excluding carboxylic acids is 1. The monoisotopic (exact) mass is 551 g/mol. The molecule has 0 aromatic heterocycles. The third kappa shape index (κ3) is 3.77. The summed E-state index contributed by atoms with van der Waals surface area (Å²) in [6, 6.07) is 0. The van der Waals surface area contributed by atoms with Crippen molar-refractivity contribution >= 4 is 35.9 Å². The molecule has 9 nitrogen and oxygen atoms in total. The van der Waals surface area contributed by atoms with Crippen molar-refractivity contribution in [3.8, 4) is 0 Å². The van der Waals surface area contributed by atoms with E-state index in [1.807, 2.05) is 0 Å². The molecule has 0 radical (unpaired) electrons. The maximum Gasteiger partial charge on any atom is 0.290 e. The van der Waals surface area contributed by atoms with Crippen LogP contribution in [0.15, 0.2) is 0 Å². The molecule has 0 aromatic rings. The van der Waals surface area contributed by atoms with Gasteiger partial charge < -0.3 is 0 Å². The van der Waals surface area contributed by atoms with E-state index < -0.39 is 81.4 Å². The van der Waals surface area contributed by atoms with Crippen molar-refractivity contribution in [1.29, 1.82) is 0 Å². The molecule has 2 saturated carbocycles. The zero-order valence-electron chi connectivity index (χ0n) is 20.3. The van der Waals surface area contributed by atoms with Crippen LogP contribution in [0.2, 0.25) is 0 Å². The van der Waals surface area contributed by atoms with Crippen LogP contribution in [0.3, 0.4) is 0 Å². The number of sulfonamides is 2. The van der Waals surface area contributed by atoms with Crippen LogP contribution in [0.4, 0.5) is 8.78 Å². The molecule has 200 valence electrons. The highest BCUT2D eigenvalue weighted by atomic mass is 32.3. The van der Waals surface area contributed by atoms with E-state index in [1.165, 1.54) is 4.13 Å². The maximum absolute atomic E-state index is 15.9. The van der Waals surface area contributed by atoms with Crippen LogP contribution in [0.1, 0.15) is 80.1 Å². The normalized spacial score (nSPS) is 27.7. The summed E-state index contributed by atoms with van der Waals surface area (Å²) < 4.78 is 113. The van der Waals surface area contributed by atoms with Crippen LogP contribution in [0.25, 0.3) is 0 Å². The molecule has 0 spiro atoms. The Morgan fingerprint density at radius 1 is 1.03 bits per heavy atom. The van der Waals surface area contributed by atoms with E-state index >= 15 is 8.78 Å². The molecule has 0 aliphatic heterocycles. The number of Topliss-reactive ketones (excluding diaryl/α,β-unsaturated/α-hetero) is 1. The number of halogens is 2. The van der Waals surface area contributed by atoms with Gasteiger partial charge in [-0.15, -0.1) is 4.13 Å². The molecule has 0 heterocycles. The molecule has 0 aromatic carbocycles. The lowest BCUT2D eigenvalue weighted by molar-refractivity contribution is -0.128. The fourth-order valence-electron chi connectivity index (χ4n) is 6.00. The molecule has 3 unspecified atom stereocenters. The predicted octanol–water partition coefficient (Wildman–Crippen LogP) is 2.88. The number of nitrogens with one attached hydrogen (secondary N) is 1. The van der Waals surface area contributed by atoms with Crippen LogP contribution in [-0.2, 0) is 35.0 Å². The van der Waals surface area contributed by atoms with Gasteiger partial charge in [-0.05, 0) is 50.4 Å². The van der Waals surface area contributed by atoms with Crippen molar-refractivity contribution in [2.75, 3.05) is 5.75 Å². The Kier molecular flexibility index (Phi) is 7.31. The topological polar surface area (TPSA) is 152 Å². The number of fused-ring (bicyclic) bond motifs is 2. The standard InChI is InChI=1S/C20H35F2NO8S3/c1-7-17(6,20(21,22)19(8-2,9-3)34(29,30)31)33(27,28)23-32(25,26)13-18-11-10-14(12-15(18)24)16(18,4)5/h14,23H,7-13H2,1-6H3,(H,29,30,31). The summed E-state index contributed by atoms with van der Waals surface area (Å²) in [5.74, 6) is -5.83. The largest absolute Gasteiger partial charge is 0.299 e. The van der Waals surface area contributed by atoms with E-state index in [-0.39, 0.29) is 24.5 Å². The van der Waals surface area contributed by atoms with Crippen LogP contribution < -0.4 is 4.13 Å². The van der Waals surface area contributed by atoms with Gasteiger partial charge >= 0.3 is 0 Å². The van der Waals surface area contributed by atoms with Crippen LogP contribution in [0, 0.1) is 16.7 Å². The molecule has 3 atom stereocenters. The molecule has 0 saturated heterocycles. The predicted molar refractivity (Wildman–Crippen MR) is 123 cm³/mol. The second-order valence-electron chi connectivity index (χ2n) is 10.3. The van der Waals surface area contributed by atoms with Gasteiger partial charge in [0, 0.05) is 11.8 Å². The first-order valence-electron chi connectivity index (χ1n) is 11.2. The Morgan fingerprint density at radius 3 is 1.85 bits per heavy atom. The lowest BCUT2D eigenvalue weighted by Crippen LogP contribution is -2.68. The van der Waals surface area contributed by atoms with E-state index in [4.69, 9.17) is 0 Å². The van der Waals surface area contributed by atoms with E-state index in [2.05, 4.69) is 0 Å². The molecule has 2 aliphatic carbocycles. The van der Waals surface area contributed by atoms with Crippen molar-refractivity contribution in [3.63, 3.8) is 0 Å². The van der Waals surface area contributed by atoms with Gasteiger partial charge in [0.25, 0.3) is 16.0 Å². The highest BCUT2D eigenvalue weighted by molar-refractivity contribution is 8.05. The van der Waals surface area contributed by atoms with Crippen LogP contribution in [0.5, 0.6) is 0 Å². The molecule has 2 aliphatic rings. The number of alkyl halides is 2. The van der Waals surface area contributed by atoms with Crippen molar-refractivity contribution in [2.45, 2.75) is 95.5 Å². The van der Waals surface area contributed by atoms with Crippen molar-refractivity contribution < 1.29 is 43.4 Å². The third-order valence-electron chi connectivity index (χ3n) is 8.95. The Balaban J connectivity index is 2.56. The Bertz CT molecular complexity index is 1160. The molecule has 2 fully saturated rings. The highest BCUT2D eigenvalue weighted by Gasteiger charge is 2.72. The summed E-state index contributed by atoms with van der Waals surface area (Å²) in [7, 11) is -15.7. The van der Waals surface area contributed by atoms with E-state index in [9.17, 15) is 34.6 Å². The number of rotatable bonds is 11.